The first kappa shape index (κ1) is 15.0. The second-order valence-corrected chi connectivity index (χ2v) is 6.59. The number of carboxylic acid groups (broad SMARTS) is 1. The van der Waals surface area contributed by atoms with Crippen LogP contribution in [0.3, 0.4) is 0 Å². The molecule has 1 aliphatic rings. The summed E-state index contributed by atoms with van der Waals surface area (Å²) in [6, 6.07) is 2.95. The first-order valence-corrected chi connectivity index (χ1v) is 7.82. The molecule has 0 aromatic carbocycles. The monoisotopic (exact) mass is 319 g/mol. The van der Waals surface area contributed by atoms with Crippen molar-refractivity contribution >= 4 is 33.6 Å². The Morgan fingerprint density at radius 1 is 1.45 bits per heavy atom. The van der Waals surface area contributed by atoms with Crippen molar-refractivity contribution in [2.75, 3.05) is 17.8 Å². The van der Waals surface area contributed by atoms with Gasteiger partial charge in [-0.2, -0.15) is 12.7 Å². The topological polar surface area (TPSA) is 99.6 Å². The molecular weight excluding hydrogens is 306 g/mol. The van der Waals surface area contributed by atoms with Crippen LogP contribution in [0.25, 0.3) is 0 Å². The fourth-order valence-corrected chi connectivity index (χ4v) is 3.36. The summed E-state index contributed by atoms with van der Waals surface area (Å²) < 4.78 is 27.8. The second-order valence-electron chi connectivity index (χ2n) is 4.48. The van der Waals surface area contributed by atoms with E-state index in [-0.39, 0.29) is 18.9 Å². The summed E-state index contributed by atoms with van der Waals surface area (Å²) in [6.07, 6.45) is 2.01. The zero-order valence-corrected chi connectivity index (χ0v) is 12.1. The molecule has 0 spiro atoms. The molecule has 0 amide bonds. The molecule has 2 N–H and O–H groups in total. The molecule has 1 aliphatic heterocycles. The van der Waals surface area contributed by atoms with Crippen molar-refractivity contribution in [1.82, 2.24) is 9.29 Å². The fourth-order valence-electron chi connectivity index (χ4n) is 2.00. The van der Waals surface area contributed by atoms with Crippen LogP contribution in [0, 0.1) is 5.92 Å². The molecular formula is C11H14ClN3O4S. The van der Waals surface area contributed by atoms with Crippen molar-refractivity contribution in [3.63, 3.8) is 0 Å². The lowest BCUT2D eigenvalue weighted by Crippen LogP contribution is -2.43. The number of hydrogen-bond acceptors (Lipinski definition) is 4. The van der Waals surface area contributed by atoms with E-state index in [1.807, 2.05) is 0 Å². The minimum absolute atomic E-state index is 0.137. The SMILES string of the molecule is O=C(O)C1CCN(S(=O)(=O)Nc2cc(Cl)ccn2)CC1. The van der Waals surface area contributed by atoms with E-state index >= 15 is 0 Å². The van der Waals surface area contributed by atoms with E-state index in [0.29, 0.717) is 17.9 Å². The normalized spacial score (nSPS) is 17.9. The molecule has 0 bridgehead atoms. The Hall–Kier alpha value is -1.38. The van der Waals surface area contributed by atoms with E-state index in [0.717, 1.165) is 0 Å². The lowest BCUT2D eigenvalue weighted by atomic mass is 9.99. The van der Waals surface area contributed by atoms with Crippen LogP contribution in [0.4, 0.5) is 5.82 Å². The Morgan fingerprint density at radius 3 is 2.65 bits per heavy atom. The van der Waals surface area contributed by atoms with Crippen LogP contribution >= 0.6 is 11.6 Å². The molecule has 9 heteroatoms. The zero-order chi connectivity index (χ0) is 14.8. The van der Waals surface area contributed by atoms with E-state index < -0.39 is 22.1 Å². The highest BCUT2D eigenvalue weighted by Crippen LogP contribution is 2.21. The first-order valence-electron chi connectivity index (χ1n) is 6.01. The van der Waals surface area contributed by atoms with Crippen LogP contribution in [-0.4, -0.2) is 41.9 Å². The highest BCUT2D eigenvalue weighted by atomic mass is 35.5. The van der Waals surface area contributed by atoms with Crippen molar-refractivity contribution in [3.05, 3.63) is 23.4 Å². The van der Waals surface area contributed by atoms with Gasteiger partial charge in [-0.25, -0.2) is 4.98 Å². The van der Waals surface area contributed by atoms with Crippen molar-refractivity contribution in [1.29, 1.82) is 0 Å². The Kier molecular flexibility index (Phi) is 4.46. The maximum Gasteiger partial charge on any atom is 0.306 e. The number of piperidine rings is 1. The number of nitrogens with zero attached hydrogens (tertiary/aromatic N) is 2. The molecule has 1 saturated heterocycles. The maximum atomic E-state index is 12.1. The van der Waals surface area contributed by atoms with E-state index in [2.05, 4.69) is 9.71 Å². The molecule has 7 nitrogen and oxygen atoms in total. The number of hydrogen-bond donors (Lipinski definition) is 2. The molecule has 20 heavy (non-hydrogen) atoms. The summed E-state index contributed by atoms with van der Waals surface area (Å²) in [5, 5.41) is 9.26. The molecule has 1 aromatic heterocycles. The van der Waals surface area contributed by atoms with Gasteiger partial charge in [0.05, 0.1) is 5.92 Å². The van der Waals surface area contributed by atoms with Gasteiger partial charge in [0.25, 0.3) is 0 Å². The minimum atomic E-state index is -3.73. The predicted octanol–water partition coefficient (Wildman–Crippen LogP) is 1.19. The summed E-state index contributed by atoms with van der Waals surface area (Å²) in [5.41, 5.74) is 0. The number of aliphatic carboxylic acids is 1. The van der Waals surface area contributed by atoms with Gasteiger partial charge >= 0.3 is 16.2 Å². The van der Waals surface area contributed by atoms with Gasteiger partial charge < -0.3 is 5.11 Å². The van der Waals surface area contributed by atoms with Crippen LogP contribution in [-0.2, 0) is 15.0 Å². The van der Waals surface area contributed by atoms with Crippen LogP contribution in [0.1, 0.15) is 12.8 Å². The lowest BCUT2D eigenvalue weighted by Gasteiger charge is -2.29. The third-order valence-corrected chi connectivity index (χ3v) is 4.85. The number of anilines is 1. The highest BCUT2D eigenvalue weighted by molar-refractivity contribution is 7.90. The summed E-state index contributed by atoms with van der Waals surface area (Å²) in [7, 11) is -3.73. The predicted molar refractivity (Wildman–Crippen MR) is 73.7 cm³/mol. The molecule has 0 aliphatic carbocycles. The van der Waals surface area contributed by atoms with Crippen LogP contribution in [0.2, 0.25) is 5.02 Å². The molecule has 2 rings (SSSR count). The van der Waals surface area contributed by atoms with Crippen molar-refractivity contribution in [2.45, 2.75) is 12.8 Å². The number of halogens is 1. The molecule has 0 atom stereocenters. The molecule has 2 heterocycles. The zero-order valence-electron chi connectivity index (χ0n) is 10.5. The van der Waals surface area contributed by atoms with Crippen molar-refractivity contribution in [2.24, 2.45) is 5.92 Å². The average Bonchev–Trinajstić information content (AvgIpc) is 2.38. The Balaban J connectivity index is 2.03. The van der Waals surface area contributed by atoms with Gasteiger partial charge in [-0.15, -0.1) is 0 Å². The van der Waals surface area contributed by atoms with Gasteiger partial charge in [0.15, 0.2) is 0 Å². The van der Waals surface area contributed by atoms with Crippen LogP contribution in [0.15, 0.2) is 18.3 Å². The molecule has 110 valence electrons. The summed E-state index contributed by atoms with van der Waals surface area (Å²) in [6.45, 7) is 0.347. The van der Waals surface area contributed by atoms with Gasteiger partial charge in [-0.1, -0.05) is 11.6 Å². The van der Waals surface area contributed by atoms with Gasteiger partial charge in [-0.3, -0.25) is 9.52 Å². The van der Waals surface area contributed by atoms with Crippen molar-refractivity contribution < 1.29 is 18.3 Å². The summed E-state index contributed by atoms with van der Waals surface area (Å²) in [5.74, 6) is -1.23. The number of aromatic nitrogens is 1. The summed E-state index contributed by atoms with van der Waals surface area (Å²) >= 11 is 5.76. The molecule has 0 saturated carbocycles. The number of rotatable bonds is 4. The Morgan fingerprint density at radius 2 is 2.10 bits per heavy atom. The standard InChI is InChI=1S/C11H14ClN3O4S/c12-9-1-4-13-10(7-9)14-20(18,19)15-5-2-8(3-6-15)11(16)17/h1,4,7-8H,2-3,5-6H2,(H,13,14)(H,16,17). The molecule has 1 aromatic rings. The minimum Gasteiger partial charge on any atom is -0.481 e. The van der Waals surface area contributed by atoms with Gasteiger partial charge in [-0.05, 0) is 18.9 Å². The fraction of sp³-hybridized carbons (Fsp3) is 0.455. The van der Waals surface area contributed by atoms with Gasteiger partial charge in [0.2, 0.25) is 0 Å². The van der Waals surface area contributed by atoms with Gasteiger partial charge in [0, 0.05) is 30.4 Å². The van der Waals surface area contributed by atoms with E-state index in [1.54, 1.807) is 0 Å². The van der Waals surface area contributed by atoms with E-state index in [1.165, 1.54) is 22.6 Å². The largest absolute Gasteiger partial charge is 0.481 e. The average molecular weight is 320 g/mol. The number of nitrogens with one attached hydrogen (secondary N) is 1. The van der Waals surface area contributed by atoms with E-state index in [9.17, 15) is 13.2 Å². The lowest BCUT2D eigenvalue weighted by molar-refractivity contribution is -0.142. The van der Waals surface area contributed by atoms with Crippen LogP contribution in [0.5, 0.6) is 0 Å². The smallest absolute Gasteiger partial charge is 0.306 e. The molecule has 0 unspecified atom stereocenters. The molecule has 0 radical (unpaired) electrons. The third kappa shape index (κ3) is 3.59. The maximum absolute atomic E-state index is 12.1. The Bertz CT molecular complexity index is 599. The summed E-state index contributed by atoms with van der Waals surface area (Å²) in [4.78, 5) is 14.7. The Labute approximate surface area is 121 Å². The van der Waals surface area contributed by atoms with Gasteiger partial charge in [0.1, 0.15) is 5.82 Å². The quantitative estimate of drug-likeness (QED) is 0.868. The number of carboxylic acids is 1. The van der Waals surface area contributed by atoms with Crippen molar-refractivity contribution in [3.8, 4) is 0 Å². The second kappa shape index (κ2) is 5.94. The van der Waals surface area contributed by atoms with E-state index in [4.69, 9.17) is 16.7 Å². The molecule has 1 fully saturated rings. The third-order valence-electron chi connectivity index (χ3n) is 3.10. The highest BCUT2D eigenvalue weighted by Gasteiger charge is 2.31. The first-order chi connectivity index (χ1) is 9.38. The number of pyridine rings is 1. The number of carbonyl (C=O) groups is 1. The van der Waals surface area contributed by atoms with Crippen LogP contribution < -0.4 is 4.72 Å².